The second-order valence-electron chi connectivity index (χ2n) is 5.84. The highest BCUT2D eigenvalue weighted by Crippen LogP contribution is 2.49. The van der Waals surface area contributed by atoms with Crippen molar-refractivity contribution in [1.29, 1.82) is 0 Å². The van der Waals surface area contributed by atoms with Crippen LogP contribution in [0.3, 0.4) is 0 Å². The summed E-state index contributed by atoms with van der Waals surface area (Å²) in [6.07, 6.45) is 6.24. The first-order valence-corrected chi connectivity index (χ1v) is 8.22. The molecule has 3 rings (SSSR count). The molecule has 0 radical (unpaired) electrons. The maximum Gasteiger partial charge on any atom is 0.177 e. The zero-order chi connectivity index (χ0) is 12.8. The number of nitrogens with zero attached hydrogens (tertiary/aromatic N) is 1. The Morgan fingerprint density at radius 3 is 2.56 bits per heavy atom. The van der Waals surface area contributed by atoms with Gasteiger partial charge >= 0.3 is 0 Å². The number of pyridine rings is 1. The van der Waals surface area contributed by atoms with Crippen LogP contribution in [0, 0.1) is 11.3 Å². The zero-order valence-electron chi connectivity index (χ0n) is 10.5. The van der Waals surface area contributed by atoms with E-state index in [1.54, 1.807) is 6.07 Å². The molecule has 2 heterocycles. The van der Waals surface area contributed by atoms with Crippen LogP contribution in [0.5, 0.6) is 0 Å². The molecule has 1 saturated heterocycles. The first-order chi connectivity index (χ1) is 8.47. The van der Waals surface area contributed by atoms with Crippen molar-refractivity contribution in [3.8, 4) is 0 Å². The lowest BCUT2D eigenvalue weighted by Gasteiger charge is -2.54. The van der Waals surface area contributed by atoms with Crippen molar-refractivity contribution in [2.45, 2.75) is 24.2 Å². The molecule has 0 atom stereocenters. The second kappa shape index (κ2) is 4.03. The standard InChI is InChI=1S/C13H18N2O2S/c1-18(16,17)12-3-2-11(15-7-12)4-10-5-13(6-10)8-14-9-13/h2-3,7,10,14H,4-6,8-9H2,1H3. The molecule has 1 aliphatic heterocycles. The summed E-state index contributed by atoms with van der Waals surface area (Å²) in [5, 5.41) is 3.33. The smallest absolute Gasteiger partial charge is 0.177 e. The van der Waals surface area contributed by atoms with E-state index in [1.807, 2.05) is 6.07 Å². The minimum Gasteiger partial charge on any atom is -0.316 e. The van der Waals surface area contributed by atoms with E-state index in [0.717, 1.165) is 18.0 Å². The molecule has 18 heavy (non-hydrogen) atoms. The Kier molecular flexibility index (Phi) is 2.71. The van der Waals surface area contributed by atoms with Crippen LogP contribution in [0.15, 0.2) is 23.2 Å². The van der Waals surface area contributed by atoms with Gasteiger partial charge in [-0.25, -0.2) is 8.42 Å². The number of rotatable bonds is 3. The van der Waals surface area contributed by atoms with Gasteiger partial charge in [-0.3, -0.25) is 4.98 Å². The van der Waals surface area contributed by atoms with Crippen LogP contribution in [0.2, 0.25) is 0 Å². The average Bonchev–Trinajstić information content (AvgIpc) is 2.19. The molecule has 2 aliphatic rings. The monoisotopic (exact) mass is 266 g/mol. The van der Waals surface area contributed by atoms with E-state index in [4.69, 9.17) is 0 Å². The van der Waals surface area contributed by atoms with Gasteiger partial charge in [0.15, 0.2) is 9.84 Å². The molecule has 0 bridgehead atoms. The fourth-order valence-corrected chi connectivity index (χ4v) is 3.68. The molecule has 0 unspecified atom stereocenters. The molecule has 1 spiro atoms. The molecule has 2 fully saturated rings. The lowest BCUT2D eigenvalue weighted by Crippen LogP contribution is -2.60. The Morgan fingerprint density at radius 1 is 1.39 bits per heavy atom. The quantitative estimate of drug-likeness (QED) is 0.887. The van der Waals surface area contributed by atoms with Crippen LogP contribution in [0.1, 0.15) is 18.5 Å². The molecule has 98 valence electrons. The summed E-state index contributed by atoms with van der Waals surface area (Å²) < 4.78 is 22.6. The molecule has 1 N–H and O–H groups in total. The normalized spacial score (nSPS) is 22.5. The third kappa shape index (κ3) is 2.17. The minimum absolute atomic E-state index is 0.305. The Morgan fingerprint density at radius 2 is 2.11 bits per heavy atom. The van der Waals surface area contributed by atoms with Crippen molar-refractivity contribution < 1.29 is 8.42 Å². The van der Waals surface area contributed by atoms with Gasteiger partial charge in [0.1, 0.15) is 0 Å². The number of hydrogen-bond donors (Lipinski definition) is 1. The lowest BCUT2D eigenvalue weighted by atomic mass is 9.57. The molecule has 1 saturated carbocycles. The van der Waals surface area contributed by atoms with E-state index in [2.05, 4.69) is 10.3 Å². The minimum atomic E-state index is -3.12. The van der Waals surface area contributed by atoms with Gasteiger partial charge in [-0.2, -0.15) is 0 Å². The Balaban J connectivity index is 1.61. The van der Waals surface area contributed by atoms with Crippen molar-refractivity contribution in [2.75, 3.05) is 19.3 Å². The lowest BCUT2D eigenvalue weighted by molar-refractivity contribution is 0.000484. The van der Waals surface area contributed by atoms with E-state index in [1.165, 1.54) is 38.4 Å². The highest BCUT2D eigenvalue weighted by molar-refractivity contribution is 7.90. The number of aromatic nitrogens is 1. The maximum absolute atomic E-state index is 11.3. The van der Waals surface area contributed by atoms with Crippen LogP contribution in [-0.4, -0.2) is 32.7 Å². The van der Waals surface area contributed by atoms with E-state index < -0.39 is 9.84 Å². The first-order valence-electron chi connectivity index (χ1n) is 6.33. The topological polar surface area (TPSA) is 59.1 Å². The van der Waals surface area contributed by atoms with Crippen molar-refractivity contribution in [2.24, 2.45) is 11.3 Å². The van der Waals surface area contributed by atoms with Crippen molar-refractivity contribution >= 4 is 9.84 Å². The van der Waals surface area contributed by atoms with Gasteiger partial charge in [-0.05, 0) is 42.7 Å². The summed E-state index contributed by atoms with van der Waals surface area (Å²) in [7, 11) is -3.12. The van der Waals surface area contributed by atoms with Gasteiger partial charge in [0.05, 0.1) is 4.90 Å². The predicted molar refractivity (Wildman–Crippen MR) is 69.1 cm³/mol. The van der Waals surface area contributed by atoms with E-state index in [0.29, 0.717) is 10.3 Å². The van der Waals surface area contributed by atoms with Crippen LogP contribution in [-0.2, 0) is 16.3 Å². The van der Waals surface area contributed by atoms with Gasteiger partial charge in [0.2, 0.25) is 0 Å². The molecule has 1 aliphatic carbocycles. The summed E-state index contributed by atoms with van der Waals surface area (Å²) in [6, 6.07) is 3.51. The molecular weight excluding hydrogens is 248 g/mol. The number of nitrogens with one attached hydrogen (secondary N) is 1. The van der Waals surface area contributed by atoms with Crippen molar-refractivity contribution in [3.63, 3.8) is 0 Å². The predicted octanol–water partition coefficient (Wildman–Crippen LogP) is 1.03. The third-order valence-electron chi connectivity index (χ3n) is 4.17. The Hall–Kier alpha value is -0.940. The number of sulfone groups is 1. The van der Waals surface area contributed by atoms with Gasteiger partial charge in [0, 0.05) is 31.2 Å². The summed E-state index contributed by atoms with van der Waals surface area (Å²) in [6.45, 7) is 2.34. The van der Waals surface area contributed by atoms with E-state index in [-0.39, 0.29) is 0 Å². The van der Waals surface area contributed by atoms with Crippen molar-refractivity contribution in [1.82, 2.24) is 10.3 Å². The SMILES string of the molecule is CS(=O)(=O)c1ccc(CC2CC3(CNC3)C2)nc1. The third-order valence-corrected chi connectivity index (χ3v) is 5.26. The fourth-order valence-electron chi connectivity index (χ4n) is 3.12. The zero-order valence-corrected chi connectivity index (χ0v) is 11.3. The molecular formula is C13H18N2O2S. The molecule has 5 heteroatoms. The van der Waals surface area contributed by atoms with Crippen LogP contribution in [0.25, 0.3) is 0 Å². The summed E-state index contributed by atoms with van der Waals surface area (Å²) >= 11 is 0. The molecule has 0 amide bonds. The molecule has 1 aromatic rings. The summed E-state index contributed by atoms with van der Waals surface area (Å²) in [5.74, 6) is 0.726. The van der Waals surface area contributed by atoms with Gasteiger partial charge in [0.25, 0.3) is 0 Å². The Bertz CT molecular complexity index is 539. The van der Waals surface area contributed by atoms with Crippen molar-refractivity contribution in [3.05, 3.63) is 24.0 Å². The highest BCUT2D eigenvalue weighted by Gasteiger charge is 2.47. The maximum atomic E-state index is 11.3. The average molecular weight is 266 g/mol. The first kappa shape index (κ1) is 12.1. The van der Waals surface area contributed by atoms with E-state index >= 15 is 0 Å². The second-order valence-corrected chi connectivity index (χ2v) is 7.86. The van der Waals surface area contributed by atoms with Gasteiger partial charge in [-0.1, -0.05) is 0 Å². The molecule has 0 aromatic carbocycles. The van der Waals surface area contributed by atoms with Crippen LogP contribution >= 0.6 is 0 Å². The highest BCUT2D eigenvalue weighted by atomic mass is 32.2. The van der Waals surface area contributed by atoms with Crippen LogP contribution in [0.4, 0.5) is 0 Å². The van der Waals surface area contributed by atoms with Gasteiger partial charge < -0.3 is 5.32 Å². The van der Waals surface area contributed by atoms with Gasteiger partial charge in [-0.15, -0.1) is 0 Å². The van der Waals surface area contributed by atoms with E-state index in [9.17, 15) is 8.42 Å². The molecule has 1 aromatic heterocycles. The molecule has 4 nitrogen and oxygen atoms in total. The summed E-state index contributed by atoms with van der Waals surface area (Å²) in [5.41, 5.74) is 1.60. The fraction of sp³-hybridized carbons (Fsp3) is 0.615. The van der Waals surface area contributed by atoms with Crippen LogP contribution < -0.4 is 5.32 Å². The Labute approximate surface area is 108 Å². The largest absolute Gasteiger partial charge is 0.316 e. The summed E-state index contributed by atoms with van der Waals surface area (Å²) in [4.78, 5) is 4.57. The number of hydrogen-bond acceptors (Lipinski definition) is 4.